The molecule has 132 valence electrons. The molecule has 0 spiro atoms. The summed E-state index contributed by atoms with van der Waals surface area (Å²) in [7, 11) is 0. The SMILES string of the molecule is CCn1cc(C(=O)O)c(=O)c2nc(NC3Cc4ccccc4C3)ccc21. The summed E-state index contributed by atoms with van der Waals surface area (Å²) in [6, 6.07) is 12.2. The van der Waals surface area contributed by atoms with Gasteiger partial charge in [0, 0.05) is 18.8 Å². The van der Waals surface area contributed by atoms with E-state index in [1.54, 1.807) is 4.57 Å². The van der Waals surface area contributed by atoms with Crippen LogP contribution in [0.3, 0.4) is 0 Å². The lowest BCUT2D eigenvalue weighted by Gasteiger charge is -2.15. The summed E-state index contributed by atoms with van der Waals surface area (Å²) < 4.78 is 1.74. The first kappa shape index (κ1) is 16.3. The summed E-state index contributed by atoms with van der Waals surface area (Å²) in [5, 5.41) is 12.7. The molecular formula is C20H19N3O3. The van der Waals surface area contributed by atoms with E-state index in [4.69, 9.17) is 0 Å². The first-order valence-corrected chi connectivity index (χ1v) is 8.67. The van der Waals surface area contributed by atoms with Gasteiger partial charge in [0.2, 0.25) is 5.43 Å². The quantitative estimate of drug-likeness (QED) is 0.756. The summed E-state index contributed by atoms with van der Waals surface area (Å²) in [5.74, 6) is -0.636. The fraction of sp³-hybridized carbons (Fsp3) is 0.250. The van der Waals surface area contributed by atoms with E-state index >= 15 is 0 Å². The molecule has 0 saturated heterocycles. The minimum Gasteiger partial charge on any atom is -0.477 e. The van der Waals surface area contributed by atoms with Crippen LogP contribution in [0.2, 0.25) is 0 Å². The number of pyridine rings is 2. The largest absolute Gasteiger partial charge is 0.477 e. The monoisotopic (exact) mass is 349 g/mol. The Balaban J connectivity index is 1.71. The third kappa shape index (κ3) is 2.73. The van der Waals surface area contributed by atoms with E-state index in [9.17, 15) is 14.7 Å². The van der Waals surface area contributed by atoms with E-state index in [1.165, 1.54) is 17.3 Å². The van der Waals surface area contributed by atoms with Gasteiger partial charge in [-0.1, -0.05) is 24.3 Å². The van der Waals surface area contributed by atoms with Crippen LogP contribution in [0.15, 0.2) is 47.4 Å². The molecule has 0 unspecified atom stereocenters. The number of aromatic carboxylic acids is 1. The molecule has 6 nitrogen and oxygen atoms in total. The molecule has 2 N–H and O–H groups in total. The molecule has 6 heteroatoms. The van der Waals surface area contributed by atoms with Gasteiger partial charge in [0.05, 0.1) is 5.52 Å². The van der Waals surface area contributed by atoms with E-state index < -0.39 is 11.4 Å². The van der Waals surface area contributed by atoms with Crippen LogP contribution in [0.25, 0.3) is 11.0 Å². The van der Waals surface area contributed by atoms with E-state index in [2.05, 4.69) is 22.4 Å². The van der Waals surface area contributed by atoms with Crippen LogP contribution in [-0.2, 0) is 19.4 Å². The lowest BCUT2D eigenvalue weighted by molar-refractivity contribution is 0.0695. The van der Waals surface area contributed by atoms with Gasteiger partial charge in [-0.3, -0.25) is 4.79 Å². The van der Waals surface area contributed by atoms with Crippen molar-refractivity contribution in [3.8, 4) is 0 Å². The third-order valence-corrected chi connectivity index (χ3v) is 4.90. The number of aryl methyl sites for hydroxylation is 1. The number of benzene rings is 1. The first-order valence-electron chi connectivity index (χ1n) is 8.67. The second kappa shape index (κ2) is 6.29. The van der Waals surface area contributed by atoms with Crippen LogP contribution in [0.4, 0.5) is 5.82 Å². The third-order valence-electron chi connectivity index (χ3n) is 4.90. The van der Waals surface area contributed by atoms with Gasteiger partial charge >= 0.3 is 5.97 Å². The summed E-state index contributed by atoms with van der Waals surface area (Å²) in [4.78, 5) is 28.3. The Morgan fingerprint density at radius 2 is 1.92 bits per heavy atom. The van der Waals surface area contributed by atoms with Crippen molar-refractivity contribution in [3.63, 3.8) is 0 Å². The number of carboxylic acids is 1. The lowest BCUT2D eigenvalue weighted by atomic mass is 10.1. The maximum Gasteiger partial charge on any atom is 0.341 e. The number of nitrogens with zero attached hydrogens (tertiary/aromatic N) is 2. The molecule has 0 bridgehead atoms. The molecule has 0 atom stereocenters. The second-order valence-electron chi connectivity index (χ2n) is 6.55. The van der Waals surface area contributed by atoms with Gasteiger partial charge in [0.15, 0.2) is 0 Å². The van der Waals surface area contributed by atoms with Crippen molar-refractivity contribution in [1.82, 2.24) is 9.55 Å². The van der Waals surface area contributed by atoms with Gasteiger partial charge in [0.1, 0.15) is 16.9 Å². The molecule has 2 aromatic heterocycles. The molecule has 2 heterocycles. The summed E-state index contributed by atoms with van der Waals surface area (Å²) >= 11 is 0. The number of carbonyl (C=O) groups is 1. The molecule has 3 aromatic rings. The summed E-state index contributed by atoms with van der Waals surface area (Å²) in [6.07, 6.45) is 3.20. The Morgan fingerprint density at radius 3 is 2.54 bits per heavy atom. The molecule has 0 aliphatic heterocycles. The van der Waals surface area contributed by atoms with E-state index in [0.29, 0.717) is 17.9 Å². The Bertz CT molecular complexity index is 1050. The number of rotatable bonds is 4. The van der Waals surface area contributed by atoms with Crippen LogP contribution in [-0.4, -0.2) is 26.7 Å². The van der Waals surface area contributed by atoms with Crippen molar-refractivity contribution >= 4 is 22.8 Å². The minimum absolute atomic E-state index is 0.187. The highest BCUT2D eigenvalue weighted by atomic mass is 16.4. The first-order chi connectivity index (χ1) is 12.6. The number of aromatic nitrogens is 2. The van der Waals surface area contributed by atoms with Crippen molar-refractivity contribution in [2.45, 2.75) is 32.4 Å². The standard InChI is InChI=1S/C20H19N3O3/c1-2-23-11-15(20(25)26)19(24)18-16(23)7-8-17(22-18)21-14-9-12-5-3-4-6-13(12)10-14/h3-8,11,14H,2,9-10H2,1H3,(H,21,22)(H,25,26). The summed E-state index contributed by atoms with van der Waals surface area (Å²) in [6.45, 7) is 2.46. The second-order valence-corrected chi connectivity index (χ2v) is 6.55. The molecule has 0 fully saturated rings. The molecule has 4 rings (SSSR count). The average molecular weight is 349 g/mol. The van der Waals surface area contributed by atoms with Crippen LogP contribution >= 0.6 is 0 Å². The fourth-order valence-electron chi connectivity index (χ4n) is 3.63. The highest BCUT2D eigenvalue weighted by molar-refractivity contribution is 5.91. The zero-order valence-electron chi connectivity index (χ0n) is 14.4. The predicted molar refractivity (Wildman–Crippen MR) is 99.9 cm³/mol. The average Bonchev–Trinajstić information content (AvgIpc) is 3.04. The van der Waals surface area contributed by atoms with Gasteiger partial charge in [-0.25, -0.2) is 9.78 Å². The number of hydrogen-bond donors (Lipinski definition) is 2. The zero-order chi connectivity index (χ0) is 18.3. The smallest absolute Gasteiger partial charge is 0.341 e. The van der Waals surface area contributed by atoms with Crippen molar-refractivity contribution in [2.75, 3.05) is 5.32 Å². The van der Waals surface area contributed by atoms with Crippen molar-refractivity contribution in [2.24, 2.45) is 0 Å². The highest BCUT2D eigenvalue weighted by Crippen LogP contribution is 2.24. The Kier molecular flexibility index (Phi) is 3.95. The Morgan fingerprint density at radius 1 is 1.23 bits per heavy atom. The van der Waals surface area contributed by atoms with Crippen molar-refractivity contribution in [1.29, 1.82) is 0 Å². The molecular weight excluding hydrogens is 330 g/mol. The van der Waals surface area contributed by atoms with Crippen LogP contribution < -0.4 is 10.7 Å². The minimum atomic E-state index is -1.23. The number of anilines is 1. The number of nitrogens with one attached hydrogen (secondary N) is 1. The molecule has 0 radical (unpaired) electrons. The van der Waals surface area contributed by atoms with Crippen LogP contribution in [0, 0.1) is 0 Å². The van der Waals surface area contributed by atoms with Crippen LogP contribution in [0.1, 0.15) is 28.4 Å². The van der Waals surface area contributed by atoms with Gasteiger partial charge in [0.25, 0.3) is 0 Å². The number of carboxylic acid groups (broad SMARTS) is 1. The molecule has 0 saturated carbocycles. The molecule has 1 aliphatic rings. The molecule has 0 amide bonds. The zero-order valence-corrected chi connectivity index (χ0v) is 14.4. The van der Waals surface area contributed by atoms with Gasteiger partial charge < -0.3 is 15.0 Å². The highest BCUT2D eigenvalue weighted by Gasteiger charge is 2.21. The fourth-order valence-corrected chi connectivity index (χ4v) is 3.63. The van der Waals surface area contributed by atoms with Crippen LogP contribution in [0.5, 0.6) is 0 Å². The lowest BCUT2D eigenvalue weighted by Crippen LogP contribution is -2.22. The Labute approximate surface area is 150 Å². The number of fused-ring (bicyclic) bond motifs is 2. The molecule has 1 aliphatic carbocycles. The van der Waals surface area contributed by atoms with E-state index in [0.717, 1.165) is 12.8 Å². The van der Waals surface area contributed by atoms with E-state index in [1.807, 2.05) is 31.2 Å². The predicted octanol–water partition coefficient (Wildman–Crippen LogP) is 2.69. The summed E-state index contributed by atoms with van der Waals surface area (Å²) in [5.41, 5.74) is 2.68. The van der Waals surface area contributed by atoms with Crippen molar-refractivity contribution < 1.29 is 9.90 Å². The topological polar surface area (TPSA) is 84.2 Å². The molecule has 1 aromatic carbocycles. The molecule has 26 heavy (non-hydrogen) atoms. The normalized spacial score (nSPS) is 13.7. The van der Waals surface area contributed by atoms with Gasteiger partial charge in [-0.2, -0.15) is 0 Å². The number of hydrogen-bond acceptors (Lipinski definition) is 4. The van der Waals surface area contributed by atoms with Crippen molar-refractivity contribution in [3.05, 3.63) is 69.5 Å². The maximum atomic E-state index is 12.5. The Hall–Kier alpha value is -3.15. The van der Waals surface area contributed by atoms with Gasteiger partial charge in [-0.15, -0.1) is 0 Å². The maximum absolute atomic E-state index is 12.5. The van der Waals surface area contributed by atoms with E-state index in [-0.39, 0.29) is 17.1 Å². The van der Waals surface area contributed by atoms with Gasteiger partial charge in [-0.05, 0) is 43.0 Å².